The van der Waals surface area contributed by atoms with Gasteiger partial charge in [0.05, 0.1) is 23.2 Å². The fourth-order valence-electron chi connectivity index (χ4n) is 3.35. The van der Waals surface area contributed by atoms with Gasteiger partial charge in [-0.15, -0.1) is 11.3 Å². The maximum atomic E-state index is 13.0. The van der Waals surface area contributed by atoms with Crippen molar-refractivity contribution in [1.29, 1.82) is 0 Å². The standard InChI is InChI=1S/C24H22ClN3O3S/c1-16-20-23(32-21(16)22(29)27-18-7-3-2-4-8-18)26-15-28(24(20)30)13-5-6-14-31-19-11-9-17(25)10-12-19/h2-4,7-12,15H,5-6,13-14H2,1H3,(H,27,29). The minimum Gasteiger partial charge on any atom is -0.494 e. The Kier molecular flexibility index (Phi) is 6.87. The summed E-state index contributed by atoms with van der Waals surface area (Å²) in [7, 11) is 0. The van der Waals surface area contributed by atoms with Crippen LogP contribution in [0.4, 0.5) is 5.69 Å². The van der Waals surface area contributed by atoms with Crippen LogP contribution in [0, 0.1) is 6.92 Å². The molecule has 0 aliphatic carbocycles. The van der Waals surface area contributed by atoms with Gasteiger partial charge in [-0.1, -0.05) is 29.8 Å². The summed E-state index contributed by atoms with van der Waals surface area (Å²) in [5, 5.41) is 4.05. The molecule has 2 aromatic heterocycles. The third-order valence-corrected chi connectivity index (χ3v) is 6.48. The number of carbonyl (C=O) groups is 1. The summed E-state index contributed by atoms with van der Waals surface area (Å²) in [5.74, 6) is 0.534. The monoisotopic (exact) mass is 467 g/mol. The summed E-state index contributed by atoms with van der Waals surface area (Å²) >= 11 is 7.11. The average molecular weight is 468 g/mol. The maximum Gasteiger partial charge on any atom is 0.266 e. The molecular formula is C24H22ClN3O3S. The summed E-state index contributed by atoms with van der Waals surface area (Å²) in [6.07, 6.45) is 3.12. The van der Waals surface area contributed by atoms with E-state index >= 15 is 0 Å². The highest BCUT2D eigenvalue weighted by atomic mass is 35.5. The minimum atomic E-state index is -0.234. The van der Waals surface area contributed by atoms with Gasteiger partial charge in [0.2, 0.25) is 0 Å². The molecule has 6 nitrogen and oxygen atoms in total. The van der Waals surface area contributed by atoms with Crippen LogP contribution >= 0.6 is 22.9 Å². The highest BCUT2D eigenvalue weighted by Crippen LogP contribution is 2.27. The van der Waals surface area contributed by atoms with Crippen molar-refractivity contribution in [3.05, 3.63) is 86.7 Å². The van der Waals surface area contributed by atoms with Crippen LogP contribution in [0.25, 0.3) is 10.2 Å². The van der Waals surface area contributed by atoms with Crippen molar-refractivity contribution in [2.24, 2.45) is 0 Å². The summed E-state index contributed by atoms with van der Waals surface area (Å²) in [6, 6.07) is 16.5. The third kappa shape index (κ3) is 5.00. The normalized spacial score (nSPS) is 10.9. The van der Waals surface area contributed by atoms with Crippen LogP contribution in [-0.2, 0) is 6.54 Å². The number of benzene rings is 2. The van der Waals surface area contributed by atoms with Crippen LogP contribution in [0.5, 0.6) is 5.75 Å². The number of fused-ring (bicyclic) bond motifs is 1. The number of nitrogens with zero attached hydrogens (tertiary/aromatic N) is 2. The number of aryl methyl sites for hydroxylation is 2. The van der Waals surface area contributed by atoms with Crippen molar-refractivity contribution in [3.63, 3.8) is 0 Å². The second-order valence-electron chi connectivity index (χ2n) is 7.31. The zero-order valence-corrected chi connectivity index (χ0v) is 19.1. The molecule has 0 saturated heterocycles. The van der Waals surface area contributed by atoms with E-state index in [0.29, 0.717) is 44.5 Å². The number of rotatable bonds is 8. The molecular weight excluding hydrogens is 446 g/mol. The Bertz CT molecular complexity index is 1280. The first-order chi connectivity index (χ1) is 15.5. The van der Waals surface area contributed by atoms with Crippen molar-refractivity contribution in [2.75, 3.05) is 11.9 Å². The second-order valence-corrected chi connectivity index (χ2v) is 8.74. The molecule has 0 saturated carbocycles. The lowest BCUT2D eigenvalue weighted by molar-refractivity contribution is 0.103. The maximum absolute atomic E-state index is 13.0. The zero-order chi connectivity index (χ0) is 22.5. The number of unbranched alkanes of at least 4 members (excludes halogenated alkanes) is 1. The van der Waals surface area contributed by atoms with Crippen molar-refractivity contribution in [1.82, 2.24) is 9.55 Å². The Morgan fingerprint density at radius 1 is 1.12 bits per heavy atom. The summed E-state index contributed by atoms with van der Waals surface area (Å²) in [5.41, 5.74) is 1.25. The molecule has 0 bridgehead atoms. The van der Waals surface area contributed by atoms with Crippen LogP contribution in [0.2, 0.25) is 5.02 Å². The molecule has 4 rings (SSSR count). The molecule has 0 aliphatic heterocycles. The van der Waals surface area contributed by atoms with E-state index in [9.17, 15) is 9.59 Å². The Morgan fingerprint density at radius 2 is 1.88 bits per heavy atom. The fraction of sp³-hybridized carbons (Fsp3) is 0.208. The van der Waals surface area contributed by atoms with Gasteiger partial charge in [0.25, 0.3) is 11.5 Å². The molecule has 2 aromatic carbocycles. The Balaban J connectivity index is 1.40. The van der Waals surface area contributed by atoms with Gasteiger partial charge in [-0.05, 0) is 61.7 Å². The fourth-order valence-corrected chi connectivity index (χ4v) is 4.51. The second kappa shape index (κ2) is 9.97. The highest BCUT2D eigenvalue weighted by Gasteiger charge is 2.19. The van der Waals surface area contributed by atoms with Crippen LogP contribution in [-0.4, -0.2) is 22.1 Å². The zero-order valence-electron chi connectivity index (χ0n) is 17.5. The Morgan fingerprint density at radius 3 is 2.62 bits per heavy atom. The van der Waals surface area contributed by atoms with E-state index in [1.54, 1.807) is 30.0 Å². The molecule has 2 heterocycles. The Hall–Kier alpha value is -3.16. The predicted molar refractivity (Wildman–Crippen MR) is 129 cm³/mol. The molecule has 0 fully saturated rings. The number of anilines is 1. The molecule has 0 aliphatic rings. The first-order valence-electron chi connectivity index (χ1n) is 10.3. The van der Waals surface area contributed by atoms with Crippen LogP contribution < -0.4 is 15.6 Å². The molecule has 1 N–H and O–H groups in total. The summed E-state index contributed by atoms with van der Waals surface area (Å²) in [6.45, 7) is 2.88. The number of hydrogen-bond acceptors (Lipinski definition) is 5. The van der Waals surface area contributed by atoms with Crippen LogP contribution in [0.1, 0.15) is 28.1 Å². The van der Waals surface area contributed by atoms with Crippen LogP contribution in [0.3, 0.4) is 0 Å². The van der Waals surface area contributed by atoms with E-state index in [1.807, 2.05) is 42.5 Å². The van der Waals surface area contributed by atoms with Gasteiger partial charge in [0, 0.05) is 17.3 Å². The Labute approximate surface area is 194 Å². The number of nitrogens with one attached hydrogen (secondary N) is 1. The van der Waals surface area contributed by atoms with Crippen molar-refractivity contribution in [3.8, 4) is 5.75 Å². The van der Waals surface area contributed by atoms with Gasteiger partial charge in [0.1, 0.15) is 10.6 Å². The number of halogens is 1. The molecule has 32 heavy (non-hydrogen) atoms. The number of amides is 1. The molecule has 4 aromatic rings. The molecule has 164 valence electrons. The van der Waals surface area contributed by atoms with Crippen molar-refractivity contribution in [2.45, 2.75) is 26.3 Å². The predicted octanol–water partition coefficient (Wildman–Crippen LogP) is 5.53. The lowest BCUT2D eigenvalue weighted by Crippen LogP contribution is -2.21. The number of hydrogen-bond donors (Lipinski definition) is 1. The smallest absolute Gasteiger partial charge is 0.266 e. The highest BCUT2D eigenvalue weighted by molar-refractivity contribution is 7.20. The van der Waals surface area contributed by atoms with Gasteiger partial charge in [0.15, 0.2) is 0 Å². The summed E-state index contributed by atoms with van der Waals surface area (Å²) in [4.78, 5) is 31.2. The van der Waals surface area contributed by atoms with E-state index in [2.05, 4.69) is 10.3 Å². The number of thiophene rings is 1. The lowest BCUT2D eigenvalue weighted by Gasteiger charge is -2.08. The van der Waals surface area contributed by atoms with Crippen molar-refractivity contribution >= 4 is 44.7 Å². The molecule has 0 unspecified atom stereocenters. The van der Waals surface area contributed by atoms with E-state index in [-0.39, 0.29) is 11.5 Å². The van der Waals surface area contributed by atoms with E-state index in [1.165, 1.54) is 11.3 Å². The van der Waals surface area contributed by atoms with Gasteiger partial charge in [-0.25, -0.2) is 4.98 Å². The number of aromatic nitrogens is 2. The quantitative estimate of drug-likeness (QED) is 0.346. The number of carbonyl (C=O) groups excluding carboxylic acids is 1. The summed E-state index contributed by atoms with van der Waals surface area (Å²) < 4.78 is 7.29. The number of ether oxygens (including phenoxy) is 1. The third-order valence-electron chi connectivity index (χ3n) is 5.03. The van der Waals surface area contributed by atoms with E-state index in [0.717, 1.165) is 18.6 Å². The molecule has 0 radical (unpaired) electrons. The molecule has 8 heteroatoms. The first kappa shape index (κ1) is 22.0. The van der Waals surface area contributed by atoms with Gasteiger partial charge in [-0.3, -0.25) is 14.2 Å². The molecule has 0 atom stereocenters. The SMILES string of the molecule is Cc1c(C(=O)Nc2ccccc2)sc2ncn(CCCCOc3ccc(Cl)cc3)c(=O)c12. The first-order valence-corrected chi connectivity index (χ1v) is 11.5. The van der Waals surface area contributed by atoms with Crippen molar-refractivity contribution < 1.29 is 9.53 Å². The largest absolute Gasteiger partial charge is 0.494 e. The van der Waals surface area contributed by atoms with E-state index < -0.39 is 0 Å². The van der Waals surface area contributed by atoms with Crippen LogP contribution in [0.15, 0.2) is 65.7 Å². The average Bonchev–Trinajstić information content (AvgIpc) is 3.14. The number of para-hydroxylation sites is 1. The van der Waals surface area contributed by atoms with Gasteiger partial charge >= 0.3 is 0 Å². The van der Waals surface area contributed by atoms with E-state index in [4.69, 9.17) is 16.3 Å². The molecule has 1 amide bonds. The van der Waals surface area contributed by atoms with Gasteiger partial charge < -0.3 is 10.1 Å². The minimum absolute atomic E-state index is 0.124. The van der Waals surface area contributed by atoms with Gasteiger partial charge in [-0.2, -0.15) is 0 Å². The lowest BCUT2D eigenvalue weighted by atomic mass is 10.2. The molecule has 0 spiro atoms. The topological polar surface area (TPSA) is 73.2 Å².